The average Bonchev–Trinajstić information content (AvgIpc) is 2.88. The molecule has 4 rings (SSSR count). The summed E-state index contributed by atoms with van der Waals surface area (Å²) >= 11 is 0. The fourth-order valence-corrected chi connectivity index (χ4v) is 4.32. The fraction of sp³-hybridized carbons (Fsp3) is 0.250. The molecule has 6 nitrogen and oxygen atoms in total. The van der Waals surface area contributed by atoms with Gasteiger partial charge in [0.15, 0.2) is 0 Å². The minimum Gasteiger partial charge on any atom is -0.494 e. The number of ether oxygens (including phenoxy) is 1. The number of nitrogens with zero attached hydrogens (tertiary/aromatic N) is 3. The van der Waals surface area contributed by atoms with Crippen LogP contribution in [0.1, 0.15) is 49.4 Å². The third kappa shape index (κ3) is 4.67. The largest absolute Gasteiger partial charge is 0.494 e. The van der Waals surface area contributed by atoms with Crippen molar-refractivity contribution in [2.75, 3.05) is 13.2 Å². The molecule has 1 amide bonds. The molecule has 1 unspecified atom stereocenters. The molecular formula is C28H28FN3O3. The number of aromatic nitrogens is 2. The lowest BCUT2D eigenvalue weighted by Gasteiger charge is -2.31. The summed E-state index contributed by atoms with van der Waals surface area (Å²) in [6, 6.07) is 19.7. The van der Waals surface area contributed by atoms with Gasteiger partial charge in [0.25, 0.3) is 11.5 Å². The summed E-state index contributed by atoms with van der Waals surface area (Å²) in [4.78, 5) is 33.6. The number of benzene rings is 3. The van der Waals surface area contributed by atoms with Gasteiger partial charge in [-0.05, 0) is 68.8 Å². The third-order valence-corrected chi connectivity index (χ3v) is 5.97. The number of halogens is 1. The van der Waals surface area contributed by atoms with E-state index in [-0.39, 0.29) is 11.1 Å². The van der Waals surface area contributed by atoms with Gasteiger partial charge >= 0.3 is 0 Å². The normalized spacial score (nSPS) is 11.9. The van der Waals surface area contributed by atoms with Gasteiger partial charge < -0.3 is 9.64 Å². The molecule has 0 bridgehead atoms. The Labute approximate surface area is 203 Å². The summed E-state index contributed by atoms with van der Waals surface area (Å²) in [6.45, 7) is 6.51. The van der Waals surface area contributed by atoms with Crippen molar-refractivity contribution in [1.82, 2.24) is 14.5 Å². The fourth-order valence-electron chi connectivity index (χ4n) is 4.32. The number of hydrogen-bond acceptors (Lipinski definition) is 4. The number of carbonyl (C=O) groups is 1. The van der Waals surface area contributed by atoms with Crippen LogP contribution in [0.25, 0.3) is 16.6 Å². The summed E-state index contributed by atoms with van der Waals surface area (Å²) in [7, 11) is 0. The van der Waals surface area contributed by atoms with Crippen LogP contribution < -0.4 is 10.3 Å². The predicted molar refractivity (Wildman–Crippen MR) is 135 cm³/mol. The maximum absolute atomic E-state index is 14.5. The Bertz CT molecular complexity index is 1400. The third-order valence-electron chi connectivity index (χ3n) is 5.97. The van der Waals surface area contributed by atoms with Crippen LogP contribution >= 0.6 is 0 Å². The molecule has 7 heteroatoms. The van der Waals surface area contributed by atoms with Crippen molar-refractivity contribution in [2.45, 2.75) is 33.2 Å². The van der Waals surface area contributed by atoms with E-state index < -0.39 is 17.8 Å². The molecule has 0 saturated carbocycles. The van der Waals surface area contributed by atoms with E-state index in [1.54, 1.807) is 64.1 Å². The second-order valence-corrected chi connectivity index (χ2v) is 8.05. The van der Waals surface area contributed by atoms with Gasteiger partial charge in [0.05, 0.1) is 34.8 Å². The quantitative estimate of drug-likeness (QED) is 0.337. The summed E-state index contributed by atoms with van der Waals surface area (Å²) in [6.07, 6.45) is 0.482. The maximum atomic E-state index is 14.5. The van der Waals surface area contributed by atoms with E-state index in [0.717, 1.165) is 0 Å². The van der Waals surface area contributed by atoms with Crippen LogP contribution in [0.3, 0.4) is 0 Å². The first-order chi connectivity index (χ1) is 17.0. The molecule has 1 heterocycles. The molecule has 0 aliphatic rings. The monoisotopic (exact) mass is 473 g/mol. The lowest BCUT2D eigenvalue weighted by atomic mass is 10.1. The summed E-state index contributed by atoms with van der Waals surface area (Å²) < 4.78 is 21.6. The van der Waals surface area contributed by atoms with Gasteiger partial charge in [0, 0.05) is 6.54 Å². The summed E-state index contributed by atoms with van der Waals surface area (Å²) in [5.74, 6) is 0.0859. The van der Waals surface area contributed by atoms with E-state index in [1.165, 1.54) is 12.1 Å². The van der Waals surface area contributed by atoms with Crippen molar-refractivity contribution in [3.63, 3.8) is 0 Å². The highest BCUT2D eigenvalue weighted by atomic mass is 19.1. The van der Waals surface area contributed by atoms with Crippen molar-refractivity contribution in [2.24, 2.45) is 0 Å². The first-order valence-corrected chi connectivity index (χ1v) is 11.8. The van der Waals surface area contributed by atoms with Crippen molar-refractivity contribution in [1.29, 1.82) is 0 Å². The number of para-hydroxylation sites is 1. The Morgan fingerprint density at radius 3 is 2.34 bits per heavy atom. The highest BCUT2D eigenvalue weighted by Crippen LogP contribution is 2.28. The molecule has 4 aromatic rings. The molecule has 0 aliphatic heterocycles. The molecule has 0 aliphatic carbocycles. The number of fused-ring (bicyclic) bond motifs is 1. The minimum atomic E-state index is -0.582. The molecule has 3 aromatic carbocycles. The standard InChI is InChI=1S/C28H28FN3O3/c1-4-25(31(5-2)27(33)21-11-7-9-13-23(21)29)26-30-24-14-10-8-12-22(24)28(34)32(26)19-15-17-20(18-16-19)35-6-3/h7-18,25H,4-6H2,1-3H3. The van der Waals surface area contributed by atoms with Crippen molar-refractivity contribution in [3.8, 4) is 11.4 Å². The van der Waals surface area contributed by atoms with Crippen LogP contribution in [0.4, 0.5) is 4.39 Å². The molecule has 35 heavy (non-hydrogen) atoms. The molecule has 1 atom stereocenters. The van der Waals surface area contributed by atoms with Gasteiger partial charge in [-0.1, -0.05) is 31.2 Å². The number of rotatable bonds is 8. The van der Waals surface area contributed by atoms with Gasteiger partial charge in [-0.2, -0.15) is 0 Å². The minimum absolute atomic E-state index is 0.0106. The van der Waals surface area contributed by atoms with E-state index in [9.17, 15) is 14.0 Å². The number of carbonyl (C=O) groups excluding carboxylic acids is 1. The summed E-state index contributed by atoms with van der Waals surface area (Å²) in [5, 5.41) is 0.475. The van der Waals surface area contributed by atoms with Gasteiger partial charge in [0.1, 0.15) is 17.4 Å². The Balaban J connectivity index is 1.91. The molecule has 1 aromatic heterocycles. The summed E-state index contributed by atoms with van der Waals surface area (Å²) in [5.41, 5.74) is 0.910. The van der Waals surface area contributed by atoms with Crippen LogP contribution in [-0.2, 0) is 0 Å². The van der Waals surface area contributed by atoms with Crippen LogP contribution in [0.5, 0.6) is 5.75 Å². The van der Waals surface area contributed by atoms with Gasteiger partial charge in [-0.3, -0.25) is 14.2 Å². The molecule has 180 valence electrons. The maximum Gasteiger partial charge on any atom is 0.266 e. The zero-order chi connectivity index (χ0) is 24.9. The van der Waals surface area contributed by atoms with Crippen LogP contribution in [0.2, 0.25) is 0 Å². The molecule has 0 fully saturated rings. The average molecular weight is 474 g/mol. The van der Waals surface area contributed by atoms with E-state index >= 15 is 0 Å². The van der Waals surface area contributed by atoms with E-state index in [2.05, 4.69) is 0 Å². The Hall–Kier alpha value is -4.00. The van der Waals surface area contributed by atoms with E-state index in [0.29, 0.717) is 47.7 Å². The smallest absolute Gasteiger partial charge is 0.266 e. The van der Waals surface area contributed by atoms with E-state index in [1.807, 2.05) is 26.8 Å². The molecular weight excluding hydrogens is 445 g/mol. The molecule has 0 radical (unpaired) electrons. The highest BCUT2D eigenvalue weighted by molar-refractivity contribution is 5.94. The number of hydrogen-bond donors (Lipinski definition) is 0. The second kappa shape index (κ2) is 10.5. The van der Waals surface area contributed by atoms with Gasteiger partial charge in [-0.25, -0.2) is 9.37 Å². The van der Waals surface area contributed by atoms with E-state index in [4.69, 9.17) is 9.72 Å². The predicted octanol–water partition coefficient (Wildman–Crippen LogP) is 5.54. The first-order valence-electron chi connectivity index (χ1n) is 11.8. The topological polar surface area (TPSA) is 64.4 Å². The van der Waals surface area contributed by atoms with Crippen LogP contribution in [0.15, 0.2) is 77.6 Å². The Morgan fingerprint density at radius 1 is 1.00 bits per heavy atom. The zero-order valence-electron chi connectivity index (χ0n) is 20.1. The first kappa shape index (κ1) is 24.1. The Morgan fingerprint density at radius 2 is 1.69 bits per heavy atom. The second-order valence-electron chi connectivity index (χ2n) is 8.05. The number of amides is 1. The van der Waals surface area contributed by atoms with Crippen molar-refractivity contribution >= 4 is 16.8 Å². The van der Waals surface area contributed by atoms with Crippen LogP contribution in [-0.4, -0.2) is 33.5 Å². The SMILES string of the molecule is CCOc1ccc(-n2c(C(CC)N(CC)C(=O)c3ccccc3F)nc3ccccc3c2=O)cc1. The molecule has 0 N–H and O–H groups in total. The zero-order valence-corrected chi connectivity index (χ0v) is 20.1. The van der Waals surface area contributed by atoms with Gasteiger partial charge in [-0.15, -0.1) is 0 Å². The Kier molecular flexibility index (Phi) is 7.25. The van der Waals surface area contributed by atoms with Crippen LogP contribution in [0, 0.1) is 5.82 Å². The van der Waals surface area contributed by atoms with Crippen molar-refractivity contribution in [3.05, 3.63) is 100 Å². The van der Waals surface area contributed by atoms with Gasteiger partial charge in [0.2, 0.25) is 0 Å². The highest BCUT2D eigenvalue weighted by Gasteiger charge is 2.29. The van der Waals surface area contributed by atoms with Crippen molar-refractivity contribution < 1.29 is 13.9 Å². The lowest BCUT2D eigenvalue weighted by molar-refractivity contribution is 0.0667. The molecule has 0 spiro atoms. The lowest BCUT2D eigenvalue weighted by Crippen LogP contribution is -2.38. The molecule has 0 saturated heterocycles.